The van der Waals surface area contributed by atoms with Crippen LogP contribution in [0.3, 0.4) is 0 Å². The summed E-state index contributed by atoms with van der Waals surface area (Å²) in [4.78, 5) is 49.2. The van der Waals surface area contributed by atoms with Gasteiger partial charge in [-0.15, -0.1) is 22.0 Å². The van der Waals surface area contributed by atoms with Crippen LogP contribution in [0.15, 0.2) is 45.2 Å². The highest BCUT2D eigenvalue weighted by molar-refractivity contribution is 8.01. The van der Waals surface area contributed by atoms with E-state index in [1.165, 1.54) is 36.0 Å². The minimum atomic E-state index is -1.29. The fourth-order valence-corrected chi connectivity index (χ4v) is 5.78. The number of hydrogen-bond acceptors (Lipinski definition) is 11. The van der Waals surface area contributed by atoms with Gasteiger partial charge in [0.25, 0.3) is 11.1 Å². The van der Waals surface area contributed by atoms with Crippen molar-refractivity contribution in [2.45, 2.75) is 29.1 Å². The zero-order chi connectivity index (χ0) is 25.3. The minimum absolute atomic E-state index is 0.0199. The Morgan fingerprint density at radius 3 is 2.63 bits per heavy atom. The van der Waals surface area contributed by atoms with Gasteiger partial charge in [-0.1, -0.05) is 23.9 Å². The quantitative estimate of drug-likeness (QED) is 0.216. The fourth-order valence-electron chi connectivity index (χ4n) is 3.52. The predicted molar refractivity (Wildman–Crippen MR) is 121 cm³/mol. The van der Waals surface area contributed by atoms with E-state index in [4.69, 9.17) is 15.3 Å². The average Bonchev–Trinajstić information content (AvgIpc) is 3.26. The number of carbonyl (C=O) groups is 4. The molecule has 2 aliphatic heterocycles. The van der Waals surface area contributed by atoms with E-state index in [9.17, 15) is 29.4 Å². The number of nitrogens with one attached hydrogen (secondary N) is 1. The van der Waals surface area contributed by atoms with E-state index in [0.29, 0.717) is 11.1 Å². The van der Waals surface area contributed by atoms with E-state index >= 15 is 0 Å². The highest BCUT2D eigenvalue weighted by Crippen LogP contribution is 2.41. The number of phenolic OH excluding ortho intramolecular Hbond substituents is 1. The maximum atomic E-state index is 12.8. The van der Waals surface area contributed by atoms with Crippen molar-refractivity contribution >= 4 is 47.3 Å². The lowest BCUT2D eigenvalue weighted by molar-refractivity contribution is -0.150. The van der Waals surface area contributed by atoms with Gasteiger partial charge in [0, 0.05) is 11.5 Å². The highest BCUT2D eigenvalue weighted by Gasteiger charge is 2.54. The highest BCUT2D eigenvalue weighted by atomic mass is 32.2. The lowest BCUT2D eigenvalue weighted by Crippen LogP contribution is -2.71. The largest absolute Gasteiger partial charge is 0.508 e. The van der Waals surface area contributed by atoms with Crippen LogP contribution in [0.1, 0.15) is 17.5 Å². The molecule has 0 aliphatic carbocycles. The van der Waals surface area contributed by atoms with Crippen LogP contribution in [0.5, 0.6) is 5.75 Å². The van der Waals surface area contributed by atoms with Crippen LogP contribution < -0.4 is 11.1 Å². The molecule has 4 rings (SSSR count). The van der Waals surface area contributed by atoms with Gasteiger partial charge in [-0.25, -0.2) is 4.79 Å². The van der Waals surface area contributed by atoms with Crippen LogP contribution in [0, 0.1) is 0 Å². The summed E-state index contributed by atoms with van der Waals surface area (Å²) in [5, 5.41) is 37.3. The molecule has 0 spiro atoms. The monoisotopic (exact) mass is 521 g/mol. The topological polar surface area (TPSA) is 209 Å². The minimum Gasteiger partial charge on any atom is -0.508 e. The first-order valence-corrected chi connectivity index (χ1v) is 12.1. The molecule has 0 saturated carbocycles. The molecule has 1 saturated heterocycles. The number of aromatic hydroxyl groups is 1. The number of rotatable bonds is 9. The number of phenols is 1. The van der Waals surface area contributed by atoms with Gasteiger partial charge in [-0.3, -0.25) is 19.3 Å². The van der Waals surface area contributed by atoms with Crippen molar-refractivity contribution in [2.24, 2.45) is 5.73 Å². The SMILES string of the molecule is NC(C(=O)NC1C(=O)N2C(C(=O)O)=C(CSc3nnc(CC(=O)O)o3)CS[C@H]12)c1ccc(O)cc1. The van der Waals surface area contributed by atoms with Crippen molar-refractivity contribution in [2.75, 3.05) is 11.5 Å². The van der Waals surface area contributed by atoms with Gasteiger partial charge in [-0.05, 0) is 23.3 Å². The van der Waals surface area contributed by atoms with E-state index in [2.05, 4.69) is 15.5 Å². The first-order valence-electron chi connectivity index (χ1n) is 10.1. The summed E-state index contributed by atoms with van der Waals surface area (Å²) in [5.74, 6) is -3.25. The third-order valence-electron chi connectivity index (χ3n) is 5.20. The van der Waals surface area contributed by atoms with E-state index in [-0.39, 0.29) is 34.1 Å². The number of nitrogens with zero attached hydrogens (tertiary/aromatic N) is 3. The van der Waals surface area contributed by atoms with E-state index in [1.807, 2.05) is 0 Å². The molecule has 1 aromatic heterocycles. The fraction of sp³-hybridized carbons (Fsp3) is 0.300. The molecule has 2 unspecified atom stereocenters. The summed E-state index contributed by atoms with van der Waals surface area (Å²) in [6.07, 6.45) is -0.431. The molecule has 184 valence electrons. The standard InChI is InChI=1S/C20H19N5O8S2/c21-13(8-1-3-10(26)4-2-8)16(29)22-14-17(30)25-15(19(31)32)9(6-34-18(14)25)7-35-20-24-23-11(33-20)5-12(27)28/h1-4,13-14,18,26H,5-7,21H2,(H,22,29)(H,27,28)(H,31,32)/t13?,14?,18-/m1/s1. The Hall–Kier alpha value is -3.56. The lowest BCUT2D eigenvalue weighted by atomic mass is 10.0. The smallest absolute Gasteiger partial charge is 0.352 e. The van der Waals surface area contributed by atoms with Crippen LogP contribution in [-0.2, 0) is 25.6 Å². The molecule has 2 aliphatic rings. The van der Waals surface area contributed by atoms with E-state index < -0.39 is 47.6 Å². The van der Waals surface area contributed by atoms with Crippen molar-refractivity contribution in [3.63, 3.8) is 0 Å². The molecule has 6 N–H and O–H groups in total. The van der Waals surface area contributed by atoms with Crippen LogP contribution >= 0.6 is 23.5 Å². The van der Waals surface area contributed by atoms with Gasteiger partial charge in [0.15, 0.2) is 0 Å². The summed E-state index contributed by atoms with van der Waals surface area (Å²) >= 11 is 2.32. The van der Waals surface area contributed by atoms with Gasteiger partial charge in [-0.2, -0.15) is 0 Å². The maximum Gasteiger partial charge on any atom is 0.352 e. The summed E-state index contributed by atoms with van der Waals surface area (Å²) in [6.45, 7) is 0. The molecular formula is C20H19N5O8S2. The van der Waals surface area contributed by atoms with Gasteiger partial charge < -0.3 is 30.8 Å². The number of fused-ring (bicyclic) bond motifs is 1. The molecule has 3 heterocycles. The molecule has 15 heteroatoms. The normalized spacial score (nSPS) is 20.1. The van der Waals surface area contributed by atoms with Crippen LogP contribution in [0.4, 0.5) is 0 Å². The number of hydrogen-bond donors (Lipinski definition) is 5. The van der Waals surface area contributed by atoms with Gasteiger partial charge in [0.1, 0.15) is 35.3 Å². The first-order chi connectivity index (χ1) is 16.7. The Labute approximate surface area is 205 Å². The zero-order valence-electron chi connectivity index (χ0n) is 17.8. The number of thioether (sulfide) groups is 2. The van der Waals surface area contributed by atoms with Gasteiger partial charge in [0.05, 0.1) is 0 Å². The second kappa shape index (κ2) is 9.97. The molecule has 2 aromatic rings. The molecular weight excluding hydrogens is 502 g/mol. The molecule has 35 heavy (non-hydrogen) atoms. The first kappa shape index (κ1) is 24.6. The number of carboxylic acid groups (broad SMARTS) is 2. The summed E-state index contributed by atoms with van der Waals surface area (Å²) in [7, 11) is 0. The number of carboxylic acids is 2. The summed E-state index contributed by atoms with van der Waals surface area (Å²) < 4.78 is 5.22. The van der Waals surface area contributed by atoms with Gasteiger partial charge >= 0.3 is 11.9 Å². The third-order valence-corrected chi connectivity index (χ3v) is 7.45. The Morgan fingerprint density at radius 1 is 1.26 bits per heavy atom. The van der Waals surface area contributed by atoms with E-state index in [0.717, 1.165) is 16.7 Å². The van der Waals surface area contributed by atoms with Gasteiger partial charge in [0.2, 0.25) is 11.8 Å². The third kappa shape index (κ3) is 5.11. The number of benzene rings is 1. The van der Waals surface area contributed by atoms with Crippen molar-refractivity contribution in [1.82, 2.24) is 20.4 Å². The number of aliphatic carboxylic acids is 2. The van der Waals surface area contributed by atoms with E-state index in [1.54, 1.807) is 0 Å². The van der Waals surface area contributed by atoms with Crippen LogP contribution in [0.25, 0.3) is 0 Å². The van der Waals surface area contributed by atoms with Crippen molar-refractivity contribution in [3.8, 4) is 5.75 Å². The Balaban J connectivity index is 1.42. The lowest BCUT2D eigenvalue weighted by Gasteiger charge is -2.49. The second-order valence-electron chi connectivity index (χ2n) is 7.54. The number of aromatic nitrogens is 2. The number of nitrogens with two attached hydrogens (primary N) is 1. The summed E-state index contributed by atoms with van der Waals surface area (Å²) in [5.41, 5.74) is 6.68. The number of carbonyl (C=O) groups excluding carboxylic acids is 2. The zero-order valence-corrected chi connectivity index (χ0v) is 19.4. The van der Waals surface area contributed by atoms with Crippen LogP contribution in [0.2, 0.25) is 0 Å². The Bertz CT molecular complexity index is 1210. The molecule has 1 fully saturated rings. The maximum absolute atomic E-state index is 12.8. The molecule has 0 radical (unpaired) electrons. The average molecular weight is 522 g/mol. The molecule has 1 aromatic carbocycles. The predicted octanol–water partition coefficient (Wildman–Crippen LogP) is -0.0670. The molecule has 2 amide bonds. The van der Waals surface area contributed by atoms with Crippen molar-refractivity contribution < 1.29 is 38.9 Å². The Morgan fingerprint density at radius 2 is 1.97 bits per heavy atom. The number of β-lactam (4-membered cyclic amide) rings is 1. The summed E-state index contributed by atoms with van der Waals surface area (Å²) in [6, 6.07) is 3.75. The molecule has 13 nitrogen and oxygen atoms in total. The second-order valence-corrected chi connectivity index (χ2v) is 9.58. The molecule has 0 bridgehead atoms. The van der Waals surface area contributed by atoms with Crippen LogP contribution in [-0.4, -0.2) is 77.1 Å². The number of amides is 2. The van der Waals surface area contributed by atoms with Crippen molar-refractivity contribution in [3.05, 3.63) is 47.0 Å². The molecule has 3 atom stereocenters. The Kier molecular flexibility index (Phi) is 7.00. The van der Waals surface area contributed by atoms with Crippen molar-refractivity contribution in [1.29, 1.82) is 0 Å².